The molecular weight excluding hydrogens is 256 g/mol. The first-order valence-corrected chi connectivity index (χ1v) is 6.37. The molecule has 0 bridgehead atoms. The lowest BCUT2D eigenvalue weighted by atomic mass is 10.4. The van der Waals surface area contributed by atoms with E-state index in [1.165, 1.54) is 18.0 Å². The van der Waals surface area contributed by atoms with Gasteiger partial charge in [-0.3, -0.25) is 0 Å². The predicted molar refractivity (Wildman–Crippen MR) is 68.8 cm³/mol. The number of halogens is 1. The lowest BCUT2D eigenvalue weighted by Crippen LogP contribution is -1.98. The summed E-state index contributed by atoms with van der Waals surface area (Å²) in [5.41, 5.74) is 0. The third-order valence-electron chi connectivity index (χ3n) is 1.92. The van der Waals surface area contributed by atoms with E-state index in [1.54, 1.807) is 0 Å². The molecule has 0 aliphatic rings. The molecule has 0 fully saturated rings. The average molecular weight is 267 g/mol. The maximum atomic E-state index is 5.84. The number of aromatic nitrogens is 2. The van der Waals surface area contributed by atoms with Gasteiger partial charge in [-0.2, -0.15) is 0 Å². The Labute approximate surface area is 109 Å². The maximum absolute atomic E-state index is 5.84. The molecule has 17 heavy (non-hydrogen) atoms. The molecule has 3 nitrogen and oxygen atoms in total. The standard InChI is InChI=1S/C12H11ClN2OS/c1-2-16-11-12(15-10(13)8-14-11)17-9-6-4-3-5-7-9/h3-8H,2H2,1H3. The molecule has 0 saturated carbocycles. The summed E-state index contributed by atoms with van der Waals surface area (Å²) in [6, 6.07) is 9.92. The van der Waals surface area contributed by atoms with Crippen molar-refractivity contribution in [1.29, 1.82) is 0 Å². The number of benzene rings is 1. The smallest absolute Gasteiger partial charge is 0.247 e. The van der Waals surface area contributed by atoms with Crippen LogP contribution in [0.15, 0.2) is 46.5 Å². The van der Waals surface area contributed by atoms with E-state index >= 15 is 0 Å². The van der Waals surface area contributed by atoms with Crippen LogP contribution in [0.25, 0.3) is 0 Å². The molecule has 0 radical (unpaired) electrons. The molecule has 1 heterocycles. The summed E-state index contributed by atoms with van der Waals surface area (Å²) in [6.45, 7) is 2.46. The van der Waals surface area contributed by atoms with Gasteiger partial charge in [-0.25, -0.2) is 9.97 Å². The van der Waals surface area contributed by atoms with Gasteiger partial charge in [-0.05, 0) is 19.1 Å². The summed E-state index contributed by atoms with van der Waals surface area (Å²) in [4.78, 5) is 9.43. The van der Waals surface area contributed by atoms with E-state index in [0.29, 0.717) is 22.7 Å². The first kappa shape index (κ1) is 12.2. The monoisotopic (exact) mass is 266 g/mol. The third kappa shape index (κ3) is 3.35. The predicted octanol–water partition coefficient (Wildman–Crippen LogP) is 3.68. The molecule has 0 aliphatic heterocycles. The van der Waals surface area contributed by atoms with E-state index in [9.17, 15) is 0 Å². The van der Waals surface area contributed by atoms with Crippen molar-refractivity contribution in [1.82, 2.24) is 9.97 Å². The largest absolute Gasteiger partial charge is 0.476 e. The van der Waals surface area contributed by atoms with Crippen LogP contribution in [0.1, 0.15) is 6.92 Å². The van der Waals surface area contributed by atoms with Crippen molar-refractivity contribution in [3.63, 3.8) is 0 Å². The Hall–Kier alpha value is -1.26. The molecule has 0 saturated heterocycles. The van der Waals surface area contributed by atoms with Gasteiger partial charge in [-0.1, -0.05) is 41.6 Å². The van der Waals surface area contributed by atoms with E-state index in [-0.39, 0.29) is 0 Å². The Kier molecular flexibility index (Phi) is 4.23. The van der Waals surface area contributed by atoms with Gasteiger partial charge in [0.15, 0.2) is 5.03 Å². The van der Waals surface area contributed by atoms with Crippen LogP contribution < -0.4 is 4.74 Å². The second kappa shape index (κ2) is 5.89. The highest BCUT2D eigenvalue weighted by Crippen LogP contribution is 2.32. The van der Waals surface area contributed by atoms with Crippen LogP contribution in [0.4, 0.5) is 0 Å². The van der Waals surface area contributed by atoms with Gasteiger partial charge in [0.05, 0.1) is 12.8 Å². The molecule has 88 valence electrons. The third-order valence-corrected chi connectivity index (χ3v) is 3.07. The molecule has 0 aliphatic carbocycles. The van der Waals surface area contributed by atoms with Crippen LogP contribution in [0.3, 0.4) is 0 Å². The maximum Gasteiger partial charge on any atom is 0.247 e. The summed E-state index contributed by atoms with van der Waals surface area (Å²) in [7, 11) is 0. The topological polar surface area (TPSA) is 35.0 Å². The fraction of sp³-hybridized carbons (Fsp3) is 0.167. The van der Waals surface area contributed by atoms with E-state index in [1.807, 2.05) is 37.3 Å². The summed E-state index contributed by atoms with van der Waals surface area (Å²) >= 11 is 7.33. The molecule has 0 amide bonds. The van der Waals surface area contributed by atoms with Crippen molar-refractivity contribution in [2.45, 2.75) is 16.8 Å². The quantitative estimate of drug-likeness (QED) is 0.846. The Morgan fingerprint density at radius 2 is 2.06 bits per heavy atom. The lowest BCUT2D eigenvalue weighted by molar-refractivity contribution is 0.315. The number of rotatable bonds is 4. The number of hydrogen-bond donors (Lipinski definition) is 0. The molecule has 2 aromatic rings. The summed E-state index contributed by atoms with van der Waals surface area (Å²) in [6.07, 6.45) is 1.49. The first-order chi connectivity index (χ1) is 8.29. The Morgan fingerprint density at radius 1 is 1.29 bits per heavy atom. The first-order valence-electron chi connectivity index (χ1n) is 5.18. The van der Waals surface area contributed by atoms with Gasteiger partial charge in [0, 0.05) is 4.90 Å². The molecule has 1 aromatic heterocycles. The molecule has 0 unspecified atom stereocenters. The van der Waals surface area contributed by atoms with Crippen molar-refractivity contribution in [2.24, 2.45) is 0 Å². The SMILES string of the molecule is CCOc1ncc(Cl)nc1Sc1ccccc1. The lowest BCUT2D eigenvalue weighted by Gasteiger charge is -2.07. The summed E-state index contributed by atoms with van der Waals surface area (Å²) < 4.78 is 5.41. The molecule has 0 spiro atoms. The molecule has 5 heteroatoms. The van der Waals surface area contributed by atoms with Crippen LogP contribution in [0.2, 0.25) is 5.15 Å². The highest BCUT2D eigenvalue weighted by Gasteiger charge is 2.09. The molecule has 0 atom stereocenters. The zero-order valence-electron chi connectivity index (χ0n) is 9.26. The number of hydrogen-bond acceptors (Lipinski definition) is 4. The van der Waals surface area contributed by atoms with Crippen molar-refractivity contribution >= 4 is 23.4 Å². The van der Waals surface area contributed by atoms with Crippen LogP contribution in [-0.2, 0) is 0 Å². The van der Waals surface area contributed by atoms with Crippen LogP contribution in [0, 0.1) is 0 Å². The van der Waals surface area contributed by atoms with Crippen molar-refractivity contribution < 1.29 is 4.74 Å². The Balaban J connectivity index is 2.27. The number of nitrogens with zero attached hydrogens (tertiary/aromatic N) is 2. The van der Waals surface area contributed by atoms with Gasteiger partial charge >= 0.3 is 0 Å². The van der Waals surface area contributed by atoms with E-state index in [4.69, 9.17) is 16.3 Å². The average Bonchev–Trinajstić information content (AvgIpc) is 2.34. The molecule has 0 N–H and O–H groups in total. The highest BCUT2D eigenvalue weighted by atomic mass is 35.5. The fourth-order valence-corrected chi connectivity index (χ4v) is 2.29. The van der Waals surface area contributed by atoms with Gasteiger partial charge in [0.2, 0.25) is 5.88 Å². The van der Waals surface area contributed by atoms with Crippen molar-refractivity contribution in [3.8, 4) is 5.88 Å². The van der Waals surface area contributed by atoms with Gasteiger partial charge < -0.3 is 4.74 Å². The second-order valence-corrected chi connectivity index (χ2v) is 4.60. The fourth-order valence-electron chi connectivity index (χ4n) is 1.24. The molecule has 1 aromatic carbocycles. The molecule has 2 rings (SSSR count). The van der Waals surface area contributed by atoms with Crippen LogP contribution in [-0.4, -0.2) is 16.6 Å². The highest BCUT2D eigenvalue weighted by molar-refractivity contribution is 7.99. The van der Waals surface area contributed by atoms with Gasteiger partial charge in [-0.15, -0.1) is 0 Å². The van der Waals surface area contributed by atoms with Gasteiger partial charge in [0.25, 0.3) is 0 Å². The van der Waals surface area contributed by atoms with E-state index in [2.05, 4.69) is 9.97 Å². The van der Waals surface area contributed by atoms with Crippen LogP contribution in [0.5, 0.6) is 5.88 Å². The van der Waals surface area contributed by atoms with E-state index < -0.39 is 0 Å². The summed E-state index contributed by atoms with van der Waals surface area (Å²) in [5, 5.41) is 1.05. The summed E-state index contributed by atoms with van der Waals surface area (Å²) in [5.74, 6) is 0.519. The van der Waals surface area contributed by atoms with Crippen molar-refractivity contribution in [2.75, 3.05) is 6.61 Å². The second-order valence-electron chi connectivity index (χ2n) is 3.15. The van der Waals surface area contributed by atoms with Crippen LogP contribution >= 0.6 is 23.4 Å². The molecular formula is C12H11ClN2OS. The zero-order chi connectivity index (χ0) is 12.1. The number of ether oxygens (including phenoxy) is 1. The van der Waals surface area contributed by atoms with Crippen molar-refractivity contribution in [3.05, 3.63) is 41.7 Å². The van der Waals surface area contributed by atoms with Gasteiger partial charge in [0.1, 0.15) is 5.15 Å². The minimum atomic E-state index is 0.367. The minimum Gasteiger partial charge on any atom is -0.476 e. The minimum absolute atomic E-state index is 0.367. The zero-order valence-corrected chi connectivity index (χ0v) is 10.8. The Morgan fingerprint density at radius 3 is 2.76 bits per heavy atom. The normalized spacial score (nSPS) is 10.2. The Bertz CT molecular complexity index is 493. The van der Waals surface area contributed by atoms with E-state index in [0.717, 1.165) is 4.90 Å².